The van der Waals surface area contributed by atoms with Crippen molar-refractivity contribution < 1.29 is 14.3 Å². The van der Waals surface area contributed by atoms with Crippen LogP contribution in [0.3, 0.4) is 0 Å². The Kier molecular flexibility index (Phi) is 4.98. The number of nitrogens with zero attached hydrogens (tertiary/aromatic N) is 1. The Morgan fingerprint density at radius 1 is 1.19 bits per heavy atom. The molecular weight excluding hydrogens is 270 g/mol. The van der Waals surface area contributed by atoms with Gasteiger partial charge in [0.15, 0.2) is 0 Å². The van der Waals surface area contributed by atoms with Crippen molar-refractivity contribution in [2.24, 2.45) is 0 Å². The van der Waals surface area contributed by atoms with E-state index in [9.17, 15) is 4.79 Å². The highest BCUT2D eigenvalue weighted by atomic mass is 16.5. The van der Waals surface area contributed by atoms with Gasteiger partial charge in [-0.15, -0.1) is 0 Å². The Morgan fingerprint density at radius 2 is 2.05 bits per heavy atom. The molecular formula is C15H17N3O3. The number of hydrogen-bond acceptors (Lipinski definition) is 4. The maximum Gasteiger partial charge on any atom is 0.319 e. The molecule has 1 aromatic carbocycles. The summed E-state index contributed by atoms with van der Waals surface area (Å²) in [4.78, 5) is 15.9. The van der Waals surface area contributed by atoms with Gasteiger partial charge in [-0.25, -0.2) is 9.78 Å². The van der Waals surface area contributed by atoms with E-state index in [1.54, 1.807) is 38.6 Å². The Balaban J connectivity index is 1.86. The van der Waals surface area contributed by atoms with Gasteiger partial charge in [0.05, 0.1) is 14.2 Å². The molecule has 0 aliphatic rings. The van der Waals surface area contributed by atoms with E-state index in [1.165, 1.54) is 0 Å². The smallest absolute Gasteiger partial charge is 0.319 e. The minimum absolute atomic E-state index is 0.293. The van der Waals surface area contributed by atoms with Gasteiger partial charge in [-0.1, -0.05) is 12.1 Å². The summed E-state index contributed by atoms with van der Waals surface area (Å²) in [6.45, 7) is 0.382. The molecule has 0 aliphatic carbocycles. The van der Waals surface area contributed by atoms with Crippen molar-refractivity contribution in [3.63, 3.8) is 0 Å². The van der Waals surface area contributed by atoms with Crippen LogP contribution in [0.4, 0.5) is 10.5 Å². The molecule has 110 valence electrons. The Labute approximate surface area is 123 Å². The summed E-state index contributed by atoms with van der Waals surface area (Å²) < 4.78 is 10.1. The first-order valence-electron chi connectivity index (χ1n) is 6.39. The van der Waals surface area contributed by atoms with Gasteiger partial charge in [0.1, 0.15) is 5.75 Å². The number of amides is 2. The monoisotopic (exact) mass is 287 g/mol. The average Bonchev–Trinajstić information content (AvgIpc) is 2.53. The number of carbonyl (C=O) groups excluding carboxylic acids is 1. The van der Waals surface area contributed by atoms with Crippen LogP contribution in [0.1, 0.15) is 5.56 Å². The SMILES string of the molecule is COc1cccc(NC(=O)NCc2ccc(OC)nc2)c1. The lowest BCUT2D eigenvalue weighted by atomic mass is 10.3. The summed E-state index contributed by atoms with van der Waals surface area (Å²) in [5, 5.41) is 5.48. The quantitative estimate of drug-likeness (QED) is 0.886. The molecule has 0 fully saturated rings. The van der Waals surface area contributed by atoms with Crippen LogP contribution in [0.2, 0.25) is 0 Å². The van der Waals surface area contributed by atoms with Crippen molar-refractivity contribution in [3.05, 3.63) is 48.2 Å². The van der Waals surface area contributed by atoms with Gasteiger partial charge in [-0.05, 0) is 17.7 Å². The zero-order valence-electron chi connectivity index (χ0n) is 11.9. The zero-order chi connectivity index (χ0) is 15.1. The fourth-order valence-corrected chi connectivity index (χ4v) is 1.69. The predicted octanol–water partition coefficient (Wildman–Crippen LogP) is 2.42. The fraction of sp³-hybridized carbons (Fsp3) is 0.200. The third-order valence-electron chi connectivity index (χ3n) is 2.79. The van der Waals surface area contributed by atoms with E-state index < -0.39 is 0 Å². The van der Waals surface area contributed by atoms with E-state index in [2.05, 4.69) is 15.6 Å². The molecule has 0 saturated heterocycles. The fourth-order valence-electron chi connectivity index (χ4n) is 1.69. The van der Waals surface area contributed by atoms with Gasteiger partial charge in [0.2, 0.25) is 5.88 Å². The molecule has 2 amide bonds. The van der Waals surface area contributed by atoms with Crippen LogP contribution in [0, 0.1) is 0 Å². The number of aromatic nitrogens is 1. The van der Waals surface area contributed by atoms with Crippen molar-refractivity contribution in [2.75, 3.05) is 19.5 Å². The van der Waals surface area contributed by atoms with Crippen LogP contribution in [-0.4, -0.2) is 25.2 Å². The number of ether oxygens (including phenoxy) is 2. The first-order valence-corrected chi connectivity index (χ1v) is 6.39. The van der Waals surface area contributed by atoms with Crippen molar-refractivity contribution in [3.8, 4) is 11.6 Å². The minimum atomic E-state index is -0.293. The van der Waals surface area contributed by atoms with Crippen molar-refractivity contribution in [1.82, 2.24) is 10.3 Å². The third kappa shape index (κ3) is 4.38. The lowest BCUT2D eigenvalue weighted by Gasteiger charge is -2.09. The first-order chi connectivity index (χ1) is 10.2. The van der Waals surface area contributed by atoms with Gasteiger partial charge in [0.25, 0.3) is 0 Å². The Hall–Kier alpha value is -2.76. The van der Waals surface area contributed by atoms with E-state index in [4.69, 9.17) is 9.47 Å². The third-order valence-corrected chi connectivity index (χ3v) is 2.79. The zero-order valence-corrected chi connectivity index (χ0v) is 11.9. The topological polar surface area (TPSA) is 72.5 Å². The van der Waals surface area contributed by atoms with Crippen LogP contribution in [0.25, 0.3) is 0 Å². The highest BCUT2D eigenvalue weighted by molar-refractivity contribution is 5.89. The van der Waals surface area contributed by atoms with Crippen molar-refractivity contribution in [2.45, 2.75) is 6.54 Å². The number of hydrogen-bond donors (Lipinski definition) is 2. The second-order valence-electron chi connectivity index (χ2n) is 4.25. The molecule has 6 heteroatoms. The number of rotatable bonds is 5. The Morgan fingerprint density at radius 3 is 2.71 bits per heavy atom. The normalized spacial score (nSPS) is 9.81. The second kappa shape index (κ2) is 7.14. The molecule has 2 N–H and O–H groups in total. The summed E-state index contributed by atoms with van der Waals surface area (Å²) in [7, 11) is 3.14. The predicted molar refractivity (Wildman–Crippen MR) is 79.6 cm³/mol. The molecule has 21 heavy (non-hydrogen) atoms. The maximum atomic E-state index is 11.8. The number of anilines is 1. The maximum absolute atomic E-state index is 11.8. The molecule has 1 heterocycles. The largest absolute Gasteiger partial charge is 0.497 e. The molecule has 0 radical (unpaired) electrons. The minimum Gasteiger partial charge on any atom is -0.497 e. The van der Waals surface area contributed by atoms with Gasteiger partial charge in [-0.3, -0.25) is 0 Å². The molecule has 6 nitrogen and oxygen atoms in total. The highest BCUT2D eigenvalue weighted by Crippen LogP contribution is 2.16. The molecule has 0 spiro atoms. The summed E-state index contributed by atoms with van der Waals surface area (Å²) in [5.41, 5.74) is 1.55. The van der Waals surface area contributed by atoms with Crippen molar-refractivity contribution in [1.29, 1.82) is 0 Å². The molecule has 2 aromatic rings. The van der Waals surface area contributed by atoms with Crippen LogP contribution in [0.15, 0.2) is 42.6 Å². The van der Waals surface area contributed by atoms with Gasteiger partial charge in [0, 0.05) is 30.6 Å². The lowest BCUT2D eigenvalue weighted by Crippen LogP contribution is -2.28. The number of carbonyl (C=O) groups is 1. The molecule has 0 atom stereocenters. The summed E-state index contributed by atoms with van der Waals surface area (Å²) in [5.74, 6) is 1.23. The second-order valence-corrected chi connectivity index (χ2v) is 4.25. The van der Waals surface area contributed by atoms with Gasteiger partial charge < -0.3 is 20.1 Å². The van der Waals surface area contributed by atoms with Gasteiger partial charge in [-0.2, -0.15) is 0 Å². The first kappa shape index (κ1) is 14.6. The van der Waals surface area contributed by atoms with E-state index in [-0.39, 0.29) is 6.03 Å². The van der Waals surface area contributed by atoms with Crippen LogP contribution < -0.4 is 20.1 Å². The summed E-state index contributed by atoms with van der Waals surface area (Å²) >= 11 is 0. The molecule has 0 bridgehead atoms. The molecule has 0 saturated carbocycles. The molecule has 2 rings (SSSR count). The number of urea groups is 1. The standard InChI is InChI=1S/C15H17N3O3/c1-20-13-5-3-4-12(8-13)18-15(19)17-10-11-6-7-14(21-2)16-9-11/h3-9H,10H2,1-2H3,(H2,17,18,19). The van der Waals surface area contributed by atoms with Gasteiger partial charge >= 0.3 is 6.03 Å². The van der Waals surface area contributed by atoms with Crippen molar-refractivity contribution >= 4 is 11.7 Å². The van der Waals surface area contributed by atoms with E-state index in [0.29, 0.717) is 23.9 Å². The van der Waals surface area contributed by atoms with E-state index >= 15 is 0 Å². The Bertz CT molecular complexity index is 599. The lowest BCUT2D eigenvalue weighted by molar-refractivity contribution is 0.251. The average molecular weight is 287 g/mol. The van der Waals surface area contributed by atoms with Crippen LogP contribution in [-0.2, 0) is 6.54 Å². The molecule has 0 unspecified atom stereocenters. The van der Waals surface area contributed by atoms with Crippen LogP contribution >= 0.6 is 0 Å². The summed E-state index contributed by atoms with van der Waals surface area (Å²) in [6, 6.07) is 10.5. The summed E-state index contributed by atoms with van der Waals surface area (Å²) in [6.07, 6.45) is 1.66. The van der Waals surface area contributed by atoms with E-state index in [0.717, 1.165) is 5.56 Å². The van der Waals surface area contributed by atoms with Crippen LogP contribution in [0.5, 0.6) is 11.6 Å². The van der Waals surface area contributed by atoms with E-state index in [1.807, 2.05) is 18.2 Å². The number of nitrogens with one attached hydrogen (secondary N) is 2. The number of pyridine rings is 1. The number of methoxy groups -OCH3 is 2. The molecule has 0 aliphatic heterocycles. The number of benzene rings is 1. The highest BCUT2D eigenvalue weighted by Gasteiger charge is 2.03. The molecule has 1 aromatic heterocycles.